The van der Waals surface area contributed by atoms with Gasteiger partial charge in [-0.3, -0.25) is 4.72 Å². The maximum atomic E-state index is 14.1. The minimum Gasteiger partial charge on any atom is -0.394 e. The molecule has 0 bridgehead atoms. The van der Waals surface area contributed by atoms with Gasteiger partial charge in [0.15, 0.2) is 16.8 Å². The number of aromatic nitrogens is 3. The van der Waals surface area contributed by atoms with Crippen LogP contribution in [0.5, 0.6) is 0 Å². The summed E-state index contributed by atoms with van der Waals surface area (Å²) in [6.07, 6.45) is 1.58. The van der Waals surface area contributed by atoms with E-state index in [1.165, 1.54) is 12.1 Å². The van der Waals surface area contributed by atoms with Crippen molar-refractivity contribution >= 4 is 33.7 Å². The third kappa shape index (κ3) is 7.33. The fourth-order valence-corrected chi connectivity index (χ4v) is 4.00. The Morgan fingerprint density at radius 3 is 2.40 bits per heavy atom. The number of halogens is 2. The van der Waals surface area contributed by atoms with Gasteiger partial charge in [0.05, 0.1) is 18.9 Å². The van der Waals surface area contributed by atoms with Crippen LogP contribution in [0, 0.1) is 17.6 Å². The highest BCUT2D eigenvalue weighted by Crippen LogP contribution is 2.35. The zero-order chi connectivity index (χ0) is 22.5. The van der Waals surface area contributed by atoms with Crippen LogP contribution in [-0.2, 0) is 10.0 Å². The number of hydrogen-bond acceptors (Lipinski definition) is 8. The van der Waals surface area contributed by atoms with E-state index >= 15 is 0 Å². The normalized spacial score (nSPS) is 13.9. The van der Waals surface area contributed by atoms with Crippen LogP contribution in [-0.4, -0.2) is 47.4 Å². The first-order valence-corrected chi connectivity index (χ1v) is 12.0. The molecular formula is C18H25F2N5O3S2. The van der Waals surface area contributed by atoms with Crippen LogP contribution in [0.4, 0.5) is 20.7 Å². The second kappa shape index (κ2) is 10.3. The third-order valence-electron chi connectivity index (χ3n) is 3.90. The van der Waals surface area contributed by atoms with E-state index in [9.17, 15) is 22.3 Å². The van der Waals surface area contributed by atoms with Gasteiger partial charge in [-0.25, -0.2) is 17.2 Å². The molecule has 30 heavy (non-hydrogen) atoms. The van der Waals surface area contributed by atoms with E-state index in [2.05, 4.69) is 25.0 Å². The second-order valence-electron chi connectivity index (χ2n) is 7.20. The molecule has 3 N–H and O–H groups in total. The van der Waals surface area contributed by atoms with Gasteiger partial charge < -0.3 is 10.4 Å². The Morgan fingerprint density at radius 2 is 1.80 bits per heavy atom. The Bertz CT molecular complexity index is 976. The summed E-state index contributed by atoms with van der Waals surface area (Å²) < 4.78 is 53.0. The number of aliphatic hydroxyl groups excluding tert-OH is 1. The molecular weight excluding hydrogens is 436 g/mol. The molecule has 1 aromatic carbocycles. The van der Waals surface area contributed by atoms with E-state index in [1.54, 1.807) is 6.92 Å². The van der Waals surface area contributed by atoms with Crippen molar-refractivity contribution in [1.29, 1.82) is 0 Å². The molecule has 2 aromatic rings. The van der Waals surface area contributed by atoms with Crippen molar-refractivity contribution in [3.8, 4) is 0 Å². The van der Waals surface area contributed by atoms with E-state index in [4.69, 9.17) is 0 Å². The molecule has 0 radical (unpaired) electrons. The molecule has 0 saturated carbocycles. The first-order chi connectivity index (χ1) is 14.0. The summed E-state index contributed by atoms with van der Waals surface area (Å²) in [6.45, 7) is 5.46. The largest absolute Gasteiger partial charge is 0.394 e. The minimum atomic E-state index is -3.66. The first-order valence-electron chi connectivity index (χ1n) is 9.20. The molecule has 2 atom stereocenters. The van der Waals surface area contributed by atoms with Crippen molar-refractivity contribution < 1.29 is 22.3 Å². The minimum absolute atomic E-state index is 0.0604. The number of aliphatic hydroxyl groups is 1. The number of nitrogens with one attached hydrogen (secondary N) is 2. The van der Waals surface area contributed by atoms with E-state index in [0.717, 1.165) is 24.1 Å². The number of anilines is 2. The van der Waals surface area contributed by atoms with Gasteiger partial charge in [0, 0.05) is 10.8 Å². The van der Waals surface area contributed by atoms with Crippen LogP contribution in [0.2, 0.25) is 0 Å². The quantitative estimate of drug-likeness (QED) is 0.462. The van der Waals surface area contributed by atoms with Crippen molar-refractivity contribution in [3.05, 3.63) is 35.4 Å². The summed E-state index contributed by atoms with van der Waals surface area (Å²) in [4.78, 5) is 12.3. The Morgan fingerprint density at radius 1 is 1.13 bits per heavy atom. The van der Waals surface area contributed by atoms with Gasteiger partial charge in [0.1, 0.15) is 0 Å². The highest BCUT2D eigenvalue weighted by atomic mass is 32.2. The maximum absolute atomic E-state index is 14.1. The number of hydrogen-bond donors (Lipinski definition) is 3. The summed E-state index contributed by atoms with van der Waals surface area (Å²) in [7, 11) is -3.66. The SMILES string of the molecule is CC(C)C[C@H](CO)Nc1nc(NS(C)(=O)=O)nc(S[C@H](C)c2cccc(F)c2F)n1. The predicted octanol–water partition coefficient (Wildman–Crippen LogP) is 3.19. The van der Waals surface area contributed by atoms with Crippen molar-refractivity contribution in [2.45, 2.75) is 43.6 Å². The fourth-order valence-electron chi connectivity index (χ4n) is 2.67. The zero-order valence-corrected chi connectivity index (χ0v) is 18.7. The van der Waals surface area contributed by atoms with E-state index in [0.29, 0.717) is 6.42 Å². The smallest absolute Gasteiger partial charge is 0.242 e. The summed E-state index contributed by atoms with van der Waals surface area (Å²) in [5, 5.41) is 12.1. The molecule has 0 aliphatic carbocycles. The Hall–Kier alpha value is -2.05. The zero-order valence-electron chi connectivity index (χ0n) is 17.1. The summed E-state index contributed by atoms with van der Waals surface area (Å²) >= 11 is 1.02. The van der Waals surface area contributed by atoms with Crippen molar-refractivity contribution in [1.82, 2.24) is 15.0 Å². The highest BCUT2D eigenvalue weighted by molar-refractivity contribution is 7.99. The fraction of sp³-hybridized carbons (Fsp3) is 0.500. The number of benzene rings is 1. The maximum Gasteiger partial charge on any atom is 0.242 e. The molecule has 166 valence electrons. The van der Waals surface area contributed by atoms with E-state index in [1.807, 2.05) is 13.8 Å². The summed E-state index contributed by atoms with van der Waals surface area (Å²) in [5.74, 6) is -1.79. The van der Waals surface area contributed by atoms with Gasteiger partial charge in [-0.05, 0) is 25.3 Å². The van der Waals surface area contributed by atoms with Gasteiger partial charge in [-0.1, -0.05) is 37.7 Å². The highest BCUT2D eigenvalue weighted by Gasteiger charge is 2.20. The van der Waals surface area contributed by atoms with Gasteiger partial charge in [0.2, 0.25) is 21.9 Å². The number of nitrogens with zero attached hydrogens (tertiary/aromatic N) is 3. The lowest BCUT2D eigenvalue weighted by Crippen LogP contribution is -2.27. The molecule has 2 rings (SSSR count). The number of sulfonamides is 1. The van der Waals surface area contributed by atoms with Gasteiger partial charge in [0.25, 0.3) is 0 Å². The molecule has 0 aliphatic rings. The van der Waals surface area contributed by atoms with Crippen LogP contribution in [0.1, 0.15) is 38.0 Å². The Balaban J connectivity index is 2.34. The van der Waals surface area contributed by atoms with Crippen LogP contribution in [0.15, 0.2) is 23.4 Å². The average Bonchev–Trinajstić information content (AvgIpc) is 2.61. The van der Waals surface area contributed by atoms with Crippen LogP contribution in [0.25, 0.3) is 0 Å². The molecule has 0 saturated heterocycles. The standard InChI is InChI=1S/C18H25F2N5O3S2/c1-10(2)8-12(9-26)21-16-22-17(25-30(4,27)28)24-18(23-16)29-11(3)13-6-5-7-14(19)15(13)20/h5-7,10-12,26H,8-9H2,1-4H3,(H2,21,22,23,24,25)/t11-,12-/m1/s1. The molecule has 1 aromatic heterocycles. The molecule has 12 heteroatoms. The molecule has 0 amide bonds. The van der Waals surface area contributed by atoms with Crippen molar-refractivity contribution in [2.75, 3.05) is 22.9 Å². The van der Waals surface area contributed by atoms with Crippen LogP contribution < -0.4 is 10.0 Å². The molecule has 0 spiro atoms. The van der Waals surface area contributed by atoms with Gasteiger partial charge in [-0.15, -0.1) is 0 Å². The average molecular weight is 462 g/mol. The number of rotatable bonds is 10. The Labute approximate surface area is 179 Å². The molecule has 0 fully saturated rings. The lowest BCUT2D eigenvalue weighted by Gasteiger charge is -2.19. The molecule has 0 aliphatic heterocycles. The topological polar surface area (TPSA) is 117 Å². The lowest BCUT2D eigenvalue weighted by atomic mass is 10.0. The van der Waals surface area contributed by atoms with Crippen LogP contribution >= 0.6 is 11.8 Å². The Kier molecular flexibility index (Phi) is 8.33. The number of thioether (sulfide) groups is 1. The lowest BCUT2D eigenvalue weighted by molar-refractivity contribution is 0.259. The predicted molar refractivity (Wildman–Crippen MR) is 113 cm³/mol. The molecule has 8 nitrogen and oxygen atoms in total. The van der Waals surface area contributed by atoms with E-state index in [-0.39, 0.29) is 41.2 Å². The van der Waals surface area contributed by atoms with Gasteiger partial charge in [-0.2, -0.15) is 15.0 Å². The van der Waals surface area contributed by atoms with Crippen LogP contribution in [0.3, 0.4) is 0 Å². The first kappa shape index (κ1) is 24.2. The molecule has 0 unspecified atom stereocenters. The second-order valence-corrected chi connectivity index (χ2v) is 10.3. The summed E-state index contributed by atoms with van der Waals surface area (Å²) in [5.41, 5.74) is 0.126. The van der Waals surface area contributed by atoms with Gasteiger partial charge >= 0.3 is 0 Å². The summed E-state index contributed by atoms with van der Waals surface area (Å²) in [6, 6.07) is 3.53. The van der Waals surface area contributed by atoms with Crippen molar-refractivity contribution in [3.63, 3.8) is 0 Å². The van der Waals surface area contributed by atoms with Crippen molar-refractivity contribution in [2.24, 2.45) is 5.92 Å². The third-order valence-corrected chi connectivity index (χ3v) is 5.46. The monoisotopic (exact) mass is 461 g/mol. The van der Waals surface area contributed by atoms with E-state index < -0.39 is 26.9 Å². The molecule has 1 heterocycles.